The van der Waals surface area contributed by atoms with Crippen LogP contribution in [0.2, 0.25) is 0 Å². The Hall–Kier alpha value is -0.520. The highest BCUT2D eigenvalue weighted by atomic mass is 32.2. The molecule has 1 aromatic rings. The van der Waals surface area contributed by atoms with Crippen molar-refractivity contribution >= 4 is 29.1 Å². The van der Waals surface area contributed by atoms with Crippen LogP contribution in [0.4, 0.5) is 0 Å². The summed E-state index contributed by atoms with van der Waals surface area (Å²) in [4.78, 5) is 13.4. The number of aryl methyl sites for hydroxylation is 1. The van der Waals surface area contributed by atoms with Crippen molar-refractivity contribution in [2.75, 3.05) is 12.0 Å². The van der Waals surface area contributed by atoms with Crippen LogP contribution < -0.4 is 5.32 Å². The van der Waals surface area contributed by atoms with Gasteiger partial charge >= 0.3 is 5.97 Å². The van der Waals surface area contributed by atoms with E-state index in [0.717, 1.165) is 5.75 Å². The fraction of sp³-hybridized carbons (Fsp3) is 0.545. The van der Waals surface area contributed by atoms with Crippen molar-refractivity contribution in [2.45, 2.75) is 25.9 Å². The van der Waals surface area contributed by atoms with Gasteiger partial charge in [0.2, 0.25) is 0 Å². The van der Waals surface area contributed by atoms with E-state index in [4.69, 9.17) is 5.11 Å². The van der Waals surface area contributed by atoms with Gasteiger partial charge < -0.3 is 5.11 Å². The third-order valence-corrected chi connectivity index (χ3v) is 3.87. The van der Waals surface area contributed by atoms with Crippen molar-refractivity contribution < 1.29 is 9.90 Å². The Bertz CT molecular complexity index is 338. The molecule has 1 rings (SSSR count). The lowest BCUT2D eigenvalue weighted by Gasteiger charge is -2.12. The predicted molar refractivity (Wildman–Crippen MR) is 70.3 cm³/mol. The molecule has 0 aromatic carbocycles. The number of carboxylic acid groups (broad SMARTS) is 1. The van der Waals surface area contributed by atoms with Crippen molar-refractivity contribution in [1.82, 2.24) is 5.32 Å². The SMILES string of the molecule is CSCCC(NCc1ccc(C)s1)C(=O)O. The van der Waals surface area contributed by atoms with Gasteiger partial charge in [-0.3, -0.25) is 10.1 Å². The number of hydrogen-bond donors (Lipinski definition) is 2. The Morgan fingerprint density at radius 1 is 1.62 bits per heavy atom. The highest BCUT2D eigenvalue weighted by molar-refractivity contribution is 7.98. The predicted octanol–water partition coefficient (Wildman–Crippen LogP) is 2.35. The molecule has 0 amide bonds. The Kier molecular flexibility index (Phi) is 5.87. The van der Waals surface area contributed by atoms with E-state index in [0.29, 0.717) is 13.0 Å². The van der Waals surface area contributed by atoms with Gasteiger partial charge in [0.15, 0.2) is 0 Å². The number of nitrogens with one attached hydrogen (secondary N) is 1. The van der Waals surface area contributed by atoms with E-state index in [1.165, 1.54) is 9.75 Å². The fourth-order valence-electron chi connectivity index (χ4n) is 1.35. The van der Waals surface area contributed by atoms with Gasteiger partial charge in [-0.15, -0.1) is 11.3 Å². The van der Waals surface area contributed by atoms with Crippen LogP contribution in [0.1, 0.15) is 16.2 Å². The summed E-state index contributed by atoms with van der Waals surface area (Å²) in [6.45, 7) is 2.69. The van der Waals surface area contributed by atoms with E-state index in [2.05, 4.69) is 18.3 Å². The second-order valence-corrected chi connectivity index (χ2v) is 5.92. The third kappa shape index (κ3) is 4.55. The topological polar surface area (TPSA) is 49.3 Å². The number of carboxylic acids is 1. The monoisotopic (exact) mass is 259 g/mol. The summed E-state index contributed by atoms with van der Waals surface area (Å²) in [7, 11) is 0. The largest absolute Gasteiger partial charge is 0.480 e. The van der Waals surface area contributed by atoms with Gasteiger partial charge in [-0.1, -0.05) is 0 Å². The van der Waals surface area contributed by atoms with Crippen LogP contribution in [0, 0.1) is 6.92 Å². The summed E-state index contributed by atoms with van der Waals surface area (Å²) in [5.41, 5.74) is 0. The highest BCUT2D eigenvalue weighted by Crippen LogP contribution is 2.15. The number of aliphatic carboxylic acids is 1. The summed E-state index contributed by atoms with van der Waals surface area (Å²) in [5.74, 6) is 0.107. The zero-order chi connectivity index (χ0) is 12.0. The number of hydrogen-bond acceptors (Lipinski definition) is 4. The lowest BCUT2D eigenvalue weighted by molar-refractivity contribution is -0.139. The first kappa shape index (κ1) is 13.5. The molecule has 0 bridgehead atoms. The van der Waals surface area contributed by atoms with Crippen molar-refractivity contribution in [1.29, 1.82) is 0 Å². The van der Waals surface area contributed by atoms with Crippen LogP contribution in [-0.4, -0.2) is 29.1 Å². The van der Waals surface area contributed by atoms with Crippen molar-refractivity contribution in [3.63, 3.8) is 0 Å². The summed E-state index contributed by atoms with van der Waals surface area (Å²) in [6, 6.07) is 3.66. The molecule has 0 radical (unpaired) electrons. The molecule has 3 nitrogen and oxygen atoms in total. The summed E-state index contributed by atoms with van der Waals surface area (Å²) < 4.78 is 0. The molecule has 0 aliphatic heterocycles. The maximum absolute atomic E-state index is 11.0. The molecule has 1 aromatic heterocycles. The van der Waals surface area contributed by atoms with Gasteiger partial charge in [-0.2, -0.15) is 11.8 Å². The van der Waals surface area contributed by atoms with Gasteiger partial charge in [-0.25, -0.2) is 0 Å². The van der Waals surface area contributed by atoms with Crippen molar-refractivity contribution in [2.24, 2.45) is 0 Å². The molecule has 1 unspecified atom stereocenters. The molecule has 1 atom stereocenters. The molecule has 5 heteroatoms. The van der Waals surface area contributed by atoms with Crippen LogP contribution in [-0.2, 0) is 11.3 Å². The zero-order valence-corrected chi connectivity index (χ0v) is 11.2. The first-order chi connectivity index (χ1) is 7.63. The molecule has 16 heavy (non-hydrogen) atoms. The van der Waals surface area contributed by atoms with Gasteiger partial charge in [0.05, 0.1) is 0 Å². The van der Waals surface area contributed by atoms with Crippen molar-refractivity contribution in [3.05, 3.63) is 21.9 Å². The molecule has 1 heterocycles. The molecule has 0 aliphatic carbocycles. The van der Waals surface area contributed by atoms with Crippen LogP contribution in [0.5, 0.6) is 0 Å². The lowest BCUT2D eigenvalue weighted by Crippen LogP contribution is -2.36. The van der Waals surface area contributed by atoms with E-state index in [1.54, 1.807) is 23.1 Å². The fourth-order valence-corrected chi connectivity index (χ4v) is 2.67. The average molecular weight is 259 g/mol. The van der Waals surface area contributed by atoms with Gasteiger partial charge in [0.1, 0.15) is 6.04 Å². The summed E-state index contributed by atoms with van der Waals surface area (Å²) in [6.07, 6.45) is 2.66. The quantitative estimate of drug-likeness (QED) is 0.789. The minimum Gasteiger partial charge on any atom is -0.480 e. The summed E-state index contributed by atoms with van der Waals surface area (Å²) >= 11 is 3.38. The minimum absolute atomic E-state index is 0.435. The molecular weight excluding hydrogens is 242 g/mol. The van der Waals surface area contributed by atoms with E-state index < -0.39 is 12.0 Å². The van der Waals surface area contributed by atoms with E-state index in [1.807, 2.05) is 12.3 Å². The van der Waals surface area contributed by atoms with Crippen LogP contribution in [0.3, 0.4) is 0 Å². The van der Waals surface area contributed by atoms with Crippen LogP contribution in [0.15, 0.2) is 12.1 Å². The molecule has 2 N–H and O–H groups in total. The minimum atomic E-state index is -0.762. The number of rotatable bonds is 7. The Labute approximate surface area is 104 Å². The maximum atomic E-state index is 11.0. The molecule has 90 valence electrons. The molecular formula is C11H17NO2S2. The first-order valence-corrected chi connectivity index (χ1v) is 7.35. The van der Waals surface area contributed by atoms with Gasteiger partial charge in [-0.05, 0) is 37.5 Å². The van der Waals surface area contributed by atoms with Crippen LogP contribution in [0.25, 0.3) is 0 Å². The smallest absolute Gasteiger partial charge is 0.320 e. The Balaban J connectivity index is 2.40. The number of carbonyl (C=O) groups is 1. The second-order valence-electron chi connectivity index (χ2n) is 3.57. The lowest BCUT2D eigenvalue weighted by atomic mass is 10.2. The zero-order valence-electron chi connectivity index (χ0n) is 9.53. The van der Waals surface area contributed by atoms with Crippen molar-refractivity contribution in [3.8, 4) is 0 Å². The standard InChI is InChI=1S/C11H17NO2S2/c1-8-3-4-9(16-8)7-12-10(11(13)14)5-6-15-2/h3-4,10,12H,5-7H2,1-2H3,(H,13,14). The first-order valence-electron chi connectivity index (χ1n) is 5.14. The van der Waals surface area contributed by atoms with E-state index >= 15 is 0 Å². The number of thioether (sulfide) groups is 1. The van der Waals surface area contributed by atoms with Crippen LogP contribution >= 0.6 is 23.1 Å². The van der Waals surface area contributed by atoms with E-state index in [9.17, 15) is 4.79 Å². The molecule has 0 aliphatic rings. The van der Waals surface area contributed by atoms with Gasteiger partial charge in [0.25, 0.3) is 0 Å². The third-order valence-electron chi connectivity index (χ3n) is 2.23. The Morgan fingerprint density at radius 3 is 2.88 bits per heavy atom. The average Bonchev–Trinajstić information content (AvgIpc) is 2.64. The highest BCUT2D eigenvalue weighted by Gasteiger charge is 2.15. The molecule has 0 fully saturated rings. The van der Waals surface area contributed by atoms with Gasteiger partial charge in [0, 0.05) is 16.3 Å². The second kappa shape index (κ2) is 6.93. The van der Waals surface area contributed by atoms with E-state index in [-0.39, 0.29) is 0 Å². The Morgan fingerprint density at radius 2 is 2.38 bits per heavy atom. The maximum Gasteiger partial charge on any atom is 0.320 e. The molecule has 0 saturated heterocycles. The molecule has 0 saturated carbocycles. The summed E-state index contributed by atoms with van der Waals surface area (Å²) in [5, 5.41) is 12.1. The number of thiophene rings is 1. The molecule has 0 spiro atoms. The normalized spacial score (nSPS) is 12.6.